The van der Waals surface area contributed by atoms with Crippen molar-refractivity contribution in [2.45, 2.75) is 44.2 Å². The highest BCUT2D eigenvalue weighted by atomic mass is 16.2. The van der Waals surface area contributed by atoms with Crippen LogP contribution in [0.25, 0.3) is 0 Å². The lowest BCUT2D eigenvalue weighted by Crippen LogP contribution is -2.88. The summed E-state index contributed by atoms with van der Waals surface area (Å²) in [4.78, 5) is 24.3. The van der Waals surface area contributed by atoms with Crippen molar-refractivity contribution in [2.75, 3.05) is 6.54 Å². The van der Waals surface area contributed by atoms with Gasteiger partial charge in [0.2, 0.25) is 0 Å². The van der Waals surface area contributed by atoms with Crippen LogP contribution >= 0.6 is 0 Å². The standard InChI is InChI=1S/C22H27N3O2/c26-20(25-22(27)24-19-14-8-3-9-15-19)16-23-21(17-10-4-1-5-11-17)18-12-6-2-7-13-18/h1-2,4-7,10-13,19,21,23H,3,8-9,14-16H2,(H2,24,25,26,27)/p+1. The van der Waals surface area contributed by atoms with Crippen LogP contribution in [-0.4, -0.2) is 24.5 Å². The molecule has 0 heterocycles. The van der Waals surface area contributed by atoms with Crippen LogP contribution in [0.1, 0.15) is 49.3 Å². The fourth-order valence-corrected chi connectivity index (χ4v) is 3.66. The molecule has 1 aliphatic carbocycles. The lowest BCUT2D eigenvalue weighted by molar-refractivity contribution is -0.676. The van der Waals surface area contributed by atoms with E-state index in [0.29, 0.717) is 0 Å². The van der Waals surface area contributed by atoms with Crippen LogP contribution in [0.3, 0.4) is 0 Å². The lowest BCUT2D eigenvalue weighted by atomic mass is 9.96. The summed E-state index contributed by atoms with van der Waals surface area (Å²) < 4.78 is 0. The fourth-order valence-electron chi connectivity index (χ4n) is 3.66. The van der Waals surface area contributed by atoms with Crippen molar-refractivity contribution < 1.29 is 14.9 Å². The maximum atomic E-state index is 12.3. The van der Waals surface area contributed by atoms with Crippen molar-refractivity contribution in [1.82, 2.24) is 10.6 Å². The van der Waals surface area contributed by atoms with Gasteiger partial charge in [0.05, 0.1) is 0 Å². The third-order valence-corrected chi connectivity index (χ3v) is 5.05. The van der Waals surface area contributed by atoms with E-state index in [1.807, 2.05) is 41.7 Å². The first-order valence-corrected chi connectivity index (χ1v) is 9.76. The number of carbonyl (C=O) groups excluding carboxylic acids is 2. The van der Waals surface area contributed by atoms with E-state index in [0.717, 1.165) is 36.8 Å². The number of benzene rings is 2. The van der Waals surface area contributed by atoms with E-state index >= 15 is 0 Å². The molecule has 1 fully saturated rings. The molecule has 0 bridgehead atoms. The molecule has 0 radical (unpaired) electrons. The Bertz CT molecular complexity index is 688. The van der Waals surface area contributed by atoms with Crippen molar-refractivity contribution in [3.05, 3.63) is 71.8 Å². The molecule has 5 nitrogen and oxygen atoms in total. The highest BCUT2D eigenvalue weighted by Gasteiger charge is 2.21. The zero-order valence-corrected chi connectivity index (χ0v) is 15.6. The molecular weight excluding hydrogens is 338 g/mol. The first kappa shape index (κ1) is 19.1. The Morgan fingerprint density at radius 1 is 0.889 bits per heavy atom. The zero-order chi connectivity index (χ0) is 18.9. The summed E-state index contributed by atoms with van der Waals surface area (Å²) in [6, 6.07) is 20.0. The number of imide groups is 1. The Labute approximate surface area is 160 Å². The third kappa shape index (κ3) is 5.93. The smallest absolute Gasteiger partial charge is 0.321 e. The van der Waals surface area contributed by atoms with Crippen LogP contribution in [0.15, 0.2) is 60.7 Å². The second-order valence-electron chi connectivity index (χ2n) is 7.10. The molecule has 2 aromatic carbocycles. The van der Waals surface area contributed by atoms with E-state index in [2.05, 4.69) is 34.9 Å². The Kier molecular flexibility index (Phi) is 6.99. The van der Waals surface area contributed by atoms with Gasteiger partial charge in [0.1, 0.15) is 6.04 Å². The predicted molar refractivity (Wildman–Crippen MR) is 105 cm³/mol. The van der Waals surface area contributed by atoms with Crippen LogP contribution in [0.4, 0.5) is 4.79 Å². The van der Waals surface area contributed by atoms with Gasteiger partial charge in [-0.2, -0.15) is 0 Å². The van der Waals surface area contributed by atoms with Gasteiger partial charge in [-0.15, -0.1) is 0 Å². The molecule has 0 spiro atoms. The van der Waals surface area contributed by atoms with E-state index in [4.69, 9.17) is 0 Å². The minimum Gasteiger partial charge on any atom is -0.335 e. The summed E-state index contributed by atoms with van der Waals surface area (Å²) in [6.07, 6.45) is 5.51. The molecule has 4 N–H and O–H groups in total. The van der Waals surface area contributed by atoms with E-state index < -0.39 is 0 Å². The molecule has 3 rings (SSSR count). The van der Waals surface area contributed by atoms with Crippen LogP contribution < -0.4 is 16.0 Å². The average molecular weight is 366 g/mol. The van der Waals surface area contributed by atoms with Crippen molar-refractivity contribution in [2.24, 2.45) is 0 Å². The number of hydrogen-bond donors (Lipinski definition) is 3. The van der Waals surface area contributed by atoms with Gasteiger partial charge in [0.25, 0.3) is 5.91 Å². The minimum atomic E-state index is -0.378. The predicted octanol–water partition coefficient (Wildman–Crippen LogP) is 2.50. The zero-order valence-electron chi connectivity index (χ0n) is 15.6. The maximum absolute atomic E-state index is 12.3. The fraction of sp³-hybridized carbons (Fsp3) is 0.364. The summed E-state index contributed by atoms with van der Waals surface area (Å²) in [6.45, 7) is 0.187. The van der Waals surface area contributed by atoms with Crippen LogP contribution in [0, 0.1) is 0 Å². The van der Waals surface area contributed by atoms with Crippen molar-refractivity contribution in [1.29, 1.82) is 0 Å². The van der Waals surface area contributed by atoms with E-state index in [-0.39, 0.29) is 30.6 Å². The molecule has 1 saturated carbocycles. The first-order valence-electron chi connectivity index (χ1n) is 9.76. The molecule has 0 atom stereocenters. The number of amides is 3. The molecule has 142 valence electrons. The van der Waals surface area contributed by atoms with E-state index in [9.17, 15) is 9.59 Å². The summed E-state index contributed by atoms with van der Waals surface area (Å²) in [5, 5.41) is 7.35. The molecule has 0 saturated heterocycles. The number of urea groups is 1. The Balaban J connectivity index is 1.55. The van der Waals surface area contributed by atoms with E-state index in [1.54, 1.807) is 0 Å². The Hall–Kier alpha value is -2.66. The van der Waals surface area contributed by atoms with Gasteiger partial charge >= 0.3 is 6.03 Å². The number of nitrogens with one attached hydrogen (secondary N) is 2. The number of nitrogens with two attached hydrogens (primary N) is 1. The van der Waals surface area contributed by atoms with Gasteiger partial charge in [-0.1, -0.05) is 79.9 Å². The molecule has 2 aromatic rings. The molecule has 5 heteroatoms. The molecule has 0 aliphatic heterocycles. The Morgan fingerprint density at radius 3 is 2.00 bits per heavy atom. The van der Waals surface area contributed by atoms with Gasteiger partial charge in [-0.05, 0) is 12.8 Å². The molecule has 1 aliphatic rings. The number of rotatable bonds is 6. The van der Waals surface area contributed by atoms with Crippen molar-refractivity contribution in [3.63, 3.8) is 0 Å². The van der Waals surface area contributed by atoms with E-state index in [1.165, 1.54) is 6.42 Å². The van der Waals surface area contributed by atoms with Gasteiger partial charge < -0.3 is 10.6 Å². The second kappa shape index (κ2) is 9.88. The summed E-state index contributed by atoms with van der Waals surface area (Å²) in [5.74, 6) is -0.278. The largest absolute Gasteiger partial charge is 0.335 e. The van der Waals surface area contributed by atoms with Crippen LogP contribution in [0.2, 0.25) is 0 Å². The normalized spacial score (nSPS) is 14.7. The molecular formula is C22H28N3O2+. The van der Waals surface area contributed by atoms with Crippen LogP contribution in [-0.2, 0) is 4.79 Å². The number of hydrogen-bond acceptors (Lipinski definition) is 2. The summed E-state index contributed by atoms with van der Waals surface area (Å²) >= 11 is 0. The molecule has 0 unspecified atom stereocenters. The third-order valence-electron chi connectivity index (χ3n) is 5.05. The number of quaternary nitrogens is 1. The monoisotopic (exact) mass is 366 g/mol. The van der Waals surface area contributed by atoms with Crippen LogP contribution in [0.5, 0.6) is 0 Å². The van der Waals surface area contributed by atoms with Gasteiger partial charge in [0.15, 0.2) is 6.54 Å². The van der Waals surface area contributed by atoms with Crippen molar-refractivity contribution >= 4 is 11.9 Å². The van der Waals surface area contributed by atoms with Crippen molar-refractivity contribution in [3.8, 4) is 0 Å². The molecule has 3 amide bonds. The maximum Gasteiger partial charge on any atom is 0.321 e. The second-order valence-corrected chi connectivity index (χ2v) is 7.10. The Morgan fingerprint density at radius 2 is 1.44 bits per heavy atom. The van der Waals surface area contributed by atoms with Gasteiger partial charge in [0, 0.05) is 17.2 Å². The molecule has 0 aromatic heterocycles. The molecule has 27 heavy (non-hydrogen) atoms. The quantitative estimate of drug-likeness (QED) is 0.735. The SMILES string of the molecule is O=C(C[NH2+]C(c1ccccc1)c1ccccc1)NC(=O)NC1CCCCC1. The topological polar surface area (TPSA) is 74.8 Å². The summed E-state index contributed by atoms with van der Waals surface area (Å²) in [7, 11) is 0. The van der Waals surface area contributed by atoms with Gasteiger partial charge in [-0.3, -0.25) is 10.1 Å². The lowest BCUT2D eigenvalue weighted by Gasteiger charge is -2.22. The number of carbonyl (C=O) groups is 2. The minimum absolute atomic E-state index is 0.0135. The first-order chi connectivity index (χ1) is 13.2. The van der Waals surface area contributed by atoms with Gasteiger partial charge in [-0.25, -0.2) is 4.79 Å². The highest BCUT2D eigenvalue weighted by Crippen LogP contribution is 2.18. The highest BCUT2D eigenvalue weighted by molar-refractivity contribution is 5.94. The summed E-state index contributed by atoms with van der Waals surface area (Å²) in [5.41, 5.74) is 2.26. The average Bonchev–Trinajstić information content (AvgIpc) is 2.70.